The zero-order valence-corrected chi connectivity index (χ0v) is 23.9. The van der Waals surface area contributed by atoms with Crippen LogP contribution in [0.4, 0.5) is 5.69 Å². The van der Waals surface area contributed by atoms with E-state index in [-0.39, 0.29) is 42.2 Å². The summed E-state index contributed by atoms with van der Waals surface area (Å²) < 4.78 is 5.65. The molecule has 2 aromatic rings. The molecule has 10 nitrogen and oxygen atoms in total. The molecule has 3 N–H and O–H groups in total. The van der Waals surface area contributed by atoms with Crippen LogP contribution < -0.4 is 16.0 Å². The number of imide groups is 1. The average molecular weight is 572 g/mol. The van der Waals surface area contributed by atoms with Gasteiger partial charge >= 0.3 is 0 Å². The van der Waals surface area contributed by atoms with Gasteiger partial charge in [0.2, 0.25) is 24.1 Å². The molecule has 4 saturated heterocycles. The maximum Gasteiger partial charge on any atom is 0.249 e. The number of allylic oxidation sites excluding steroid dienone is 1. The fraction of sp³-hybridized carbons (Fsp3) is 0.469. The van der Waals surface area contributed by atoms with Gasteiger partial charge in [0.05, 0.1) is 29.9 Å². The van der Waals surface area contributed by atoms with E-state index >= 15 is 0 Å². The van der Waals surface area contributed by atoms with Crippen LogP contribution >= 0.6 is 0 Å². The predicted octanol–water partition coefficient (Wildman–Crippen LogP) is 2.54. The summed E-state index contributed by atoms with van der Waals surface area (Å²) in [4.78, 5) is 57.8. The Bertz CT molecular complexity index is 1480. The van der Waals surface area contributed by atoms with Crippen molar-refractivity contribution in [2.45, 2.75) is 70.1 Å². The molecule has 5 fully saturated rings. The van der Waals surface area contributed by atoms with E-state index in [1.54, 1.807) is 6.20 Å². The number of aliphatic imine (C=N–C) groups is 1. The molecule has 42 heavy (non-hydrogen) atoms. The maximum absolute atomic E-state index is 13.0. The van der Waals surface area contributed by atoms with Crippen LogP contribution in [0.25, 0.3) is 10.8 Å². The number of hydrogen-bond donors (Lipinski definition) is 2. The van der Waals surface area contributed by atoms with Gasteiger partial charge in [-0.25, -0.2) is 0 Å². The minimum absolute atomic E-state index is 0.131. The Hall–Kier alpha value is -4.05. The standard InChI is InChI=1S/C32H37N5O5/c1-20-3-2-4-25-22(5-6-26(29(20)25)37(19-38)27-7-8-28(39)35-30(27)40)13-21(16-33)17-34-23-9-11-36(12-10-23)31(41)32-14-24(15-32)42-18-32/h2-6,16-17,19,23-24,27H,7-15,18,33H2,1H3,(H,35,39,40)/b21-16-,34-17?. The summed E-state index contributed by atoms with van der Waals surface area (Å²) in [5.41, 5.74) is 9.26. The fourth-order valence-electron chi connectivity index (χ4n) is 6.93. The molecule has 1 aliphatic carbocycles. The number of carbonyl (C=O) groups excluding carboxylic acids is 4. The molecule has 2 aromatic carbocycles. The van der Waals surface area contributed by atoms with Gasteiger partial charge in [0, 0.05) is 37.5 Å². The zero-order valence-electron chi connectivity index (χ0n) is 23.9. The first-order valence-electron chi connectivity index (χ1n) is 14.8. The van der Waals surface area contributed by atoms with Crippen molar-refractivity contribution in [3.8, 4) is 0 Å². The highest BCUT2D eigenvalue weighted by Crippen LogP contribution is 2.51. The lowest BCUT2D eigenvalue weighted by atomic mass is 9.69. The Labute approximate surface area is 244 Å². The van der Waals surface area contributed by atoms with Crippen molar-refractivity contribution in [1.29, 1.82) is 0 Å². The smallest absolute Gasteiger partial charge is 0.249 e. The van der Waals surface area contributed by atoms with Gasteiger partial charge in [-0.05, 0) is 73.4 Å². The third-order valence-electron chi connectivity index (χ3n) is 9.35. The van der Waals surface area contributed by atoms with Crippen molar-refractivity contribution in [3.63, 3.8) is 0 Å². The lowest BCUT2D eigenvalue weighted by Crippen LogP contribution is -2.52. The summed E-state index contributed by atoms with van der Waals surface area (Å²) >= 11 is 0. The molecule has 4 heterocycles. The molecule has 0 aromatic heterocycles. The zero-order chi connectivity index (χ0) is 29.4. The number of likely N-dealkylation sites (tertiary alicyclic amines) is 1. The number of fused-ring (bicyclic) bond motifs is 2. The summed E-state index contributed by atoms with van der Waals surface area (Å²) in [6.45, 7) is 3.96. The Kier molecular flexibility index (Phi) is 7.57. The van der Waals surface area contributed by atoms with E-state index in [0.717, 1.165) is 53.2 Å². The van der Waals surface area contributed by atoms with E-state index in [0.29, 0.717) is 38.2 Å². The Morgan fingerprint density at radius 2 is 1.98 bits per heavy atom. The average Bonchev–Trinajstić information content (AvgIpc) is 3.60. The number of rotatable bonds is 8. The van der Waals surface area contributed by atoms with Crippen LogP contribution in [0.15, 0.2) is 47.1 Å². The second-order valence-corrected chi connectivity index (χ2v) is 12.1. The SMILES string of the molecule is Cc1cccc2c(C/C(C=NC3CCN(C(=O)C45COC(C4)C5)CC3)=C/N)ccc(N(C=O)C3CCC(=O)NC3=O)c12. The highest BCUT2D eigenvalue weighted by atomic mass is 16.5. The van der Waals surface area contributed by atoms with Crippen molar-refractivity contribution in [2.75, 3.05) is 24.6 Å². The number of ether oxygens (including phenoxy) is 1. The van der Waals surface area contributed by atoms with Crippen LogP contribution in [0.5, 0.6) is 0 Å². The first kappa shape index (κ1) is 28.1. The lowest BCUT2D eigenvalue weighted by Gasteiger charge is -2.40. The monoisotopic (exact) mass is 571 g/mol. The van der Waals surface area contributed by atoms with E-state index in [2.05, 4.69) is 5.32 Å². The third-order valence-corrected chi connectivity index (χ3v) is 9.35. The molecule has 5 aliphatic rings. The quantitative estimate of drug-likeness (QED) is 0.284. The second-order valence-electron chi connectivity index (χ2n) is 12.1. The van der Waals surface area contributed by atoms with Gasteiger partial charge in [-0.3, -0.25) is 29.5 Å². The number of carbonyl (C=O) groups is 4. The summed E-state index contributed by atoms with van der Waals surface area (Å²) in [6.07, 6.45) is 8.75. The molecule has 1 unspecified atom stereocenters. The van der Waals surface area contributed by atoms with E-state index in [4.69, 9.17) is 15.5 Å². The first-order chi connectivity index (χ1) is 20.3. The Morgan fingerprint density at radius 1 is 1.19 bits per heavy atom. The first-order valence-corrected chi connectivity index (χ1v) is 14.8. The van der Waals surface area contributed by atoms with E-state index in [1.807, 2.05) is 48.4 Å². The number of nitrogens with zero attached hydrogens (tertiary/aromatic N) is 3. The van der Waals surface area contributed by atoms with Gasteiger partial charge in [-0.2, -0.15) is 0 Å². The van der Waals surface area contributed by atoms with Crippen molar-refractivity contribution in [3.05, 3.63) is 53.2 Å². The molecular weight excluding hydrogens is 534 g/mol. The minimum Gasteiger partial charge on any atom is -0.404 e. The van der Waals surface area contributed by atoms with Crippen molar-refractivity contribution < 1.29 is 23.9 Å². The summed E-state index contributed by atoms with van der Waals surface area (Å²) in [5.74, 6) is -0.541. The topological polar surface area (TPSA) is 134 Å². The van der Waals surface area contributed by atoms with E-state index < -0.39 is 11.9 Å². The molecule has 7 rings (SSSR count). The Morgan fingerprint density at radius 3 is 2.64 bits per heavy atom. The van der Waals surface area contributed by atoms with Gasteiger partial charge in [-0.1, -0.05) is 24.3 Å². The van der Waals surface area contributed by atoms with E-state index in [9.17, 15) is 19.2 Å². The molecule has 220 valence electrons. The van der Waals surface area contributed by atoms with Gasteiger partial charge in [0.15, 0.2) is 0 Å². The number of amides is 4. The number of anilines is 1. The predicted molar refractivity (Wildman–Crippen MR) is 159 cm³/mol. The fourth-order valence-corrected chi connectivity index (χ4v) is 6.93. The van der Waals surface area contributed by atoms with Crippen molar-refractivity contribution in [2.24, 2.45) is 16.1 Å². The van der Waals surface area contributed by atoms with E-state index in [1.165, 1.54) is 4.90 Å². The van der Waals surface area contributed by atoms with Gasteiger partial charge in [0.1, 0.15) is 6.04 Å². The van der Waals surface area contributed by atoms with Crippen LogP contribution in [-0.2, 0) is 30.3 Å². The number of piperidine rings is 2. The molecule has 0 spiro atoms. The van der Waals surface area contributed by atoms with Crippen LogP contribution in [0, 0.1) is 12.3 Å². The third kappa shape index (κ3) is 5.08. The summed E-state index contributed by atoms with van der Waals surface area (Å²) in [7, 11) is 0. The van der Waals surface area contributed by atoms with Crippen LogP contribution in [-0.4, -0.2) is 73.1 Å². The minimum atomic E-state index is -0.751. The van der Waals surface area contributed by atoms with Gasteiger partial charge in [-0.15, -0.1) is 0 Å². The summed E-state index contributed by atoms with van der Waals surface area (Å²) in [5, 5.41) is 4.18. The molecule has 0 radical (unpaired) electrons. The van der Waals surface area contributed by atoms with Crippen molar-refractivity contribution >= 4 is 46.8 Å². The Balaban J connectivity index is 1.16. The molecule has 1 saturated carbocycles. The van der Waals surface area contributed by atoms with Crippen LogP contribution in [0.2, 0.25) is 0 Å². The summed E-state index contributed by atoms with van der Waals surface area (Å²) in [6, 6.07) is 9.15. The lowest BCUT2D eigenvalue weighted by molar-refractivity contribution is -0.145. The van der Waals surface area contributed by atoms with Gasteiger partial charge < -0.3 is 20.3 Å². The number of hydrogen-bond acceptors (Lipinski definition) is 7. The van der Waals surface area contributed by atoms with Gasteiger partial charge in [0.25, 0.3) is 0 Å². The maximum atomic E-state index is 13.0. The highest BCUT2D eigenvalue weighted by Gasteiger charge is 2.58. The molecular formula is C32H37N5O5. The van der Waals surface area contributed by atoms with Crippen LogP contribution in [0.1, 0.15) is 49.7 Å². The molecule has 1 atom stereocenters. The molecule has 10 heteroatoms. The van der Waals surface area contributed by atoms with Crippen molar-refractivity contribution in [1.82, 2.24) is 10.2 Å². The second kappa shape index (κ2) is 11.3. The normalized spacial score (nSPS) is 26.4. The molecule has 2 bridgehead atoms. The highest BCUT2D eigenvalue weighted by molar-refractivity contribution is 6.08. The molecule has 4 amide bonds. The largest absolute Gasteiger partial charge is 0.404 e. The number of aryl methyl sites for hydroxylation is 1. The number of benzene rings is 2. The molecule has 4 aliphatic heterocycles. The number of nitrogens with one attached hydrogen (secondary N) is 1. The van der Waals surface area contributed by atoms with Crippen LogP contribution in [0.3, 0.4) is 0 Å². The number of nitrogens with two attached hydrogens (primary N) is 1.